The van der Waals surface area contributed by atoms with Crippen molar-refractivity contribution >= 4 is 90.5 Å². The van der Waals surface area contributed by atoms with Gasteiger partial charge < -0.3 is 14.2 Å². The van der Waals surface area contributed by atoms with Gasteiger partial charge in [-0.05, 0) is 102 Å². The highest BCUT2D eigenvalue weighted by Crippen LogP contribution is 2.38. The van der Waals surface area contributed by atoms with Crippen molar-refractivity contribution < 1.29 is 22.1 Å². The zero-order valence-corrected chi connectivity index (χ0v) is 24.7. The summed E-state index contributed by atoms with van der Waals surface area (Å²) in [4.78, 5) is 17.4. The minimum absolute atomic E-state index is 0.0354. The van der Waals surface area contributed by atoms with Crippen LogP contribution < -0.4 is 14.2 Å². The van der Waals surface area contributed by atoms with Crippen LogP contribution in [-0.4, -0.2) is 26.1 Å². The summed E-state index contributed by atoms with van der Waals surface area (Å²) in [7, 11) is -4.09. The van der Waals surface area contributed by atoms with E-state index in [0.29, 0.717) is 34.9 Å². The molecule has 4 rings (SSSR count). The van der Waals surface area contributed by atoms with Crippen molar-refractivity contribution in [1.29, 1.82) is 0 Å². The third-order valence-corrected chi connectivity index (χ3v) is 8.41. The lowest BCUT2D eigenvalue weighted by molar-refractivity contribution is -0.115. The van der Waals surface area contributed by atoms with E-state index in [4.69, 9.17) is 32.1 Å². The molecule has 1 N–H and O–H groups in total. The van der Waals surface area contributed by atoms with Crippen LogP contribution in [0.15, 0.2) is 69.4 Å². The number of aryl methyl sites for hydroxylation is 1. The van der Waals surface area contributed by atoms with Crippen LogP contribution >= 0.6 is 57.6 Å². The second-order valence-electron chi connectivity index (χ2n) is 7.69. The largest absolute Gasteiger partial charge is 0.490 e. The summed E-state index contributed by atoms with van der Waals surface area (Å²) in [5, 5.41) is 3.93. The van der Waals surface area contributed by atoms with Crippen LogP contribution in [0.1, 0.15) is 18.1 Å². The Balaban J connectivity index is 1.63. The van der Waals surface area contributed by atoms with Gasteiger partial charge in [-0.15, -0.1) is 0 Å². The first-order chi connectivity index (χ1) is 17.6. The molecule has 37 heavy (non-hydrogen) atoms. The smallest absolute Gasteiger partial charge is 0.339 e. The van der Waals surface area contributed by atoms with E-state index < -0.39 is 10.1 Å². The van der Waals surface area contributed by atoms with E-state index >= 15 is 0 Å². The van der Waals surface area contributed by atoms with E-state index in [-0.39, 0.29) is 28.9 Å². The van der Waals surface area contributed by atoms with E-state index in [1.165, 1.54) is 12.1 Å². The zero-order valence-electron chi connectivity index (χ0n) is 19.4. The normalized spacial score (nSPS) is 15.8. The van der Waals surface area contributed by atoms with E-state index in [1.54, 1.807) is 55.5 Å². The summed E-state index contributed by atoms with van der Waals surface area (Å²) in [6.45, 7) is 3.93. The van der Waals surface area contributed by atoms with E-state index in [2.05, 4.69) is 10.3 Å². The predicted octanol–water partition coefficient (Wildman–Crippen LogP) is 6.96. The van der Waals surface area contributed by atoms with Gasteiger partial charge in [0.25, 0.3) is 5.91 Å². The Hall–Kier alpha value is -2.25. The summed E-state index contributed by atoms with van der Waals surface area (Å²) in [5.74, 6) is -0.0244. The Kier molecular flexibility index (Phi) is 8.74. The van der Waals surface area contributed by atoms with E-state index in [9.17, 15) is 13.2 Å². The molecular weight excluding hydrogens is 670 g/mol. The number of benzene rings is 3. The first-order valence-electron chi connectivity index (χ1n) is 10.8. The van der Waals surface area contributed by atoms with Crippen LogP contribution in [0.4, 0.5) is 5.69 Å². The lowest BCUT2D eigenvalue weighted by Gasteiger charge is -2.14. The number of amidine groups is 1. The maximum absolute atomic E-state index is 12.9. The molecule has 0 unspecified atom stereocenters. The number of rotatable bonds is 7. The number of thioether (sulfide) groups is 1. The number of amides is 1. The third kappa shape index (κ3) is 6.80. The first-order valence-corrected chi connectivity index (χ1v) is 14.8. The van der Waals surface area contributed by atoms with Crippen LogP contribution in [-0.2, 0) is 14.9 Å². The second kappa shape index (κ2) is 11.6. The SMILES string of the molecule is CCOc1cc(/C=C2/SC(=Nc3cc(Cl)ccc3Cl)NC2=O)cc(I)c1OS(=O)(=O)c1ccc(C)cc1. The maximum Gasteiger partial charge on any atom is 0.339 e. The first kappa shape index (κ1) is 27.8. The van der Waals surface area contributed by atoms with E-state index in [0.717, 1.165) is 17.3 Å². The fraction of sp³-hybridized carbons (Fsp3) is 0.120. The molecule has 0 atom stereocenters. The fourth-order valence-corrected chi connectivity index (χ4v) is 6.19. The molecule has 1 saturated heterocycles. The van der Waals surface area contributed by atoms with Gasteiger partial charge in [-0.25, -0.2) is 4.99 Å². The van der Waals surface area contributed by atoms with Crippen molar-refractivity contribution in [2.45, 2.75) is 18.7 Å². The van der Waals surface area contributed by atoms with Crippen LogP contribution in [0.3, 0.4) is 0 Å². The van der Waals surface area contributed by atoms with E-state index in [1.807, 2.05) is 29.5 Å². The fourth-order valence-electron chi connectivity index (χ4n) is 3.19. The molecule has 0 saturated carbocycles. The predicted molar refractivity (Wildman–Crippen MR) is 157 cm³/mol. The molecule has 3 aromatic rings. The highest BCUT2D eigenvalue weighted by molar-refractivity contribution is 14.1. The molecule has 0 spiro atoms. The minimum atomic E-state index is -4.09. The van der Waals surface area contributed by atoms with Crippen LogP contribution in [0, 0.1) is 10.5 Å². The van der Waals surface area contributed by atoms with Crippen molar-refractivity contribution in [3.63, 3.8) is 0 Å². The van der Waals surface area contributed by atoms with Gasteiger partial charge in [-0.2, -0.15) is 8.42 Å². The molecule has 192 valence electrons. The minimum Gasteiger partial charge on any atom is -0.490 e. The van der Waals surface area contributed by atoms with Crippen LogP contribution in [0.25, 0.3) is 6.08 Å². The number of ether oxygens (including phenoxy) is 1. The summed E-state index contributed by atoms with van der Waals surface area (Å²) in [5.41, 5.74) is 1.98. The van der Waals surface area contributed by atoms with Gasteiger partial charge >= 0.3 is 10.1 Å². The molecule has 0 aromatic heterocycles. The van der Waals surface area contributed by atoms with Gasteiger partial charge in [0.15, 0.2) is 16.7 Å². The lowest BCUT2D eigenvalue weighted by Crippen LogP contribution is -2.19. The summed E-state index contributed by atoms with van der Waals surface area (Å²) >= 11 is 15.3. The molecule has 0 radical (unpaired) electrons. The zero-order chi connectivity index (χ0) is 26.7. The van der Waals surface area contributed by atoms with Crippen molar-refractivity contribution in [3.05, 3.63) is 84.2 Å². The molecule has 7 nitrogen and oxygen atoms in total. The summed E-state index contributed by atoms with van der Waals surface area (Å²) in [6.07, 6.45) is 1.66. The number of hydrogen-bond acceptors (Lipinski definition) is 7. The number of hydrogen-bond donors (Lipinski definition) is 1. The van der Waals surface area contributed by atoms with Gasteiger partial charge in [0, 0.05) is 5.02 Å². The maximum atomic E-state index is 12.9. The Bertz CT molecular complexity index is 1540. The van der Waals surface area contributed by atoms with Gasteiger partial charge in [0.2, 0.25) is 0 Å². The molecule has 0 bridgehead atoms. The Morgan fingerprint density at radius 3 is 2.54 bits per heavy atom. The molecule has 12 heteroatoms. The molecular formula is C25H19Cl2IN2O5S2. The summed E-state index contributed by atoms with van der Waals surface area (Å²) in [6, 6.07) is 14.6. The van der Waals surface area contributed by atoms with Crippen molar-refractivity contribution in [2.75, 3.05) is 6.61 Å². The highest BCUT2D eigenvalue weighted by atomic mass is 127. The Morgan fingerprint density at radius 2 is 1.84 bits per heavy atom. The number of carbonyl (C=O) groups excluding carboxylic acids is 1. The Labute approximate surface area is 242 Å². The van der Waals surface area contributed by atoms with Crippen molar-refractivity contribution in [2.24, 2.45) is 4.99 Å². The second-order valence-corrected chi connectivity index (χ2v) is 12.3. The highest BCUT2D eigenvalue weighted by Gasteiger charge is 2.26. The molecule has 1 aliphatic heterocycles. The summed E-state index contributed by atoms with van der Waals surface area (Å²) < 4.78 is 37.4. The van der Waals surface area contributed by atoms with Crippen molar-refractivity contribution in [1.82, 2.24) is 5.32 Å². The molecule has 1 fully saturated rings. The number of aliphatic imine (C=N–C) groups is 1. The van der Waals surface area contributed by atoms with Gasteiger partial charge in [0.05, 0.1) is 25.8 Å². The standard InChI is InChI=1S/C25H19Cl2IN2O5S2/c1-3-34-21-11-15(10-19(28)23(21)35-37(32,33)17-7-4-14(2)5-8-17)12-22-24(31)30-25(36-22)29-20-13-16(26)6-9-18(20)27/h4-13H,3H2,1-2H3,(H,29,30,31)/b22-12+. The molecule has 1 aliphatic rings. The van der Waals surface area contributed by atoms with Crippen molar-refractivity contribution in [3.8, 4) is 11.5 Å². The molecule has 1 heterocycles. The molecule has 1 amide bonds. The Morgan fingerprint density at radius 1 is 1.11 bits per heavy atom. The number of nitrogens with one attached hydrogen (secondary N) is 1. The quantitative estimate of drug-likeness (QED) is 0.164. The average molecular weight is 689 g/mol. The number of halogens is 3. The van der Waals surface area contributed by atoms with Crippen LogP contribution in [0.5, 0.6) is 11.5 Å². The van der Waals surface area contributed by atoms with Crippen LogP contribution in [0.2, 0.25) is 10.0 Å². The molecule has 0 aliphatic carbocycles. The number of carbonyl (C=O) groups is 1. The lowest BCUT2D eigenvalue weighted by atomic mass is 10.2. The monoisotopic (exact) mass is 688 g/mol. The van der Waals surface area contributed by atoms with Gasteiger partial charge in [0.1, 0.15) is 4.90 Å². The topological polar surface area (TPSA) is 94.1 Å². The van der Waals surface area contributed by atoms with Gasteiger partial charge in [-0.3, -0.25) is 4.79 Å². The van der Waals surface area contributed by atoms with Gasteiger partial charge in [-0.1, -0.05) is 40.9 Å². The third-order valence-electron chi connectivity index (χ3n) is 4.91. The molecule has 3 aromatic carbocycles. The number of nitrogens with zero attached hydrogens (tertiary/aromatic N) is 1. The average Bonchev–Trinajstić information content (AvgIpc) is 3.17.